The predicted octanol–water partition coefficient (Wildman–Crippen LogP) is 3.41. The third-order valence-electron chi connectivity index (χ3n) is 6.46. The largest absolute Gasteiger partial charge is 0.496 e. The normalized spacial score (nSPS) is 30.3. The molecule has 2 aliphatic carbocycles. The number of amides is 1. The van der Waals surface area contributed by atoms with Crippen LogP contribution in [0.25, 0.3) is 0 Å². The molecule has 1 saturated heterocycles. The number of fused-ring (bicyclic) bond motifs is 1. The van der Waals surface area contributed by atoms with E-state index in [2.05, 4.69) is 0 Å². The number of ether oxygens (including phenoxy) is 3. The van der Waals surface area contributed by atoms with Gasteiger partial charge in [0.2, 0.25) is 0 Å². The molecule has 4 rings (SSSR count). The van der Waals surface area contributed by atoms with Gasteiger partial charge < -0.3 is 19.1 Å². The van der Waals surface area contributed by atoms with E-state index in [1.807, 2.05) is 4.90 Å². The average Bonchev–Trinajstić information content (AvgIpc) is 3.44. The third kappa shape index (κ3) is 3.57. The number of benzene rings is 1. The smallest absolute Gasteiger partial charge is 0.258 e. The van der Waals surface area contributed by atoms with Gasteiger partial charge in [0, 0.05) is 20.3 Å². The van der Waals surface area contributed by atoms with Crippen molar-refractivity contribution in [1.29, 1.82) is 0 Å². The number of methoxy groups -OCH3 is 2. The number of halogens is 1. The van der Waals surface area contributed by atoms with Gasteiger partial charge in [-0.2, -0.15) is 0 Å². The van der Waals surface area contributed by atoms with E-state index in [9.17, 15) is 9.18 Å². The topological polar surface area (TPSA) is 48.0 Å². The first-order chi connectivity index (χ1) is 13.1. The van der Waals surface area contributed by atoms with Crippen molar-refractivity contribution in [2.45, 2.75) is 56.3 Å². The molecule has 0 spiro atoms. The number of likely N-dealkylation sites (tertiary alicyclic amines) is 1. The number of nitrogens with zero attached hydrogens (tertiary/aromatic N) is 1. The Morgan fingerprint density at radius 3 is 2.78 bits per heavy atom. The summed E-state index contributed by atoms with van der Waals surface area (Å²) < 4.78 is 31.1. The standard InChI is InChI=1S/C21H28FNO4/c1-25-18-6-5-15(22)11-17(18)20(24)23-10-9-21(26-2)8-7-16(12-19(21)23)27-13-14-3-4-14/h5-6,11,14,16,19H,3-4,7-10,12-13H2,1-2H3. The quantitative estimate of drug-likeness (QED) is 0.762. The Hall–Kier alpha value is -1.66. The van der Waals surface area contributed by atoms with Gasteiger partial charge in [0.15, 0.2) is 0 Å². The number of carbonyl (C=O) groups is 1. The maximum absolute atomic E-state index is 13.8. The Morgan fingerprint density at radius 2 is 2.07 bits per heavy atom. The summed E-state index contributed by atoms with van der Waals surface area (Å²) in [5.74, 6) is 0.481. The van der Waals surface area contributed by atoms with Crippen molar-refractivity contribution in [3.05, 3.63) is 29.6 Å². The molecule has 1 aliphatic heterocycles. The van der Waals surface area contributed by atoms with Gasteiger partial charge in [-0.15, -0.1) is 0 Å². The van der Waals surface area contributed by atoms with Crippen LogP contribution < -0.4 is 4.74 Å². The summed E-state index contributed by atoms with van der Waals surface area (Å²) in [5, 5.41) is 0. The van der Waals surface area contributed by atoms with Gasteiger partial charge in [-0.3, -0.25) is 4.79 Å². The van der Waals surface area contributed by atoms with E-state index in [1.54, 1.807) is 7.11 Å². The molecule has 0 aromatic heterocycles. The highest BCUT2D eigenvalue weighted by atomic mass is 19.1. The van der Waals surface area contributed by atoms with E-state index in [1.165, 1.54) is 38.2 Å². The van der Waals surface area contributed by atoms with Gasteiger partial charge in [0.1, 0.15) is 11.6 Å². The molecule has 0 bridgehead atoms. The number of carbonyl (C=O) groups excluding carboxylic acids is 1. The molecule has 148 valence electrons. The molecule has 0 N–H and O–H groups in total. The van der Waals surface area contributed by atoms with Crippen molar-refractivity contribution < 1.29 is 23.4 Å². The zero-order valence-electron chi connectivity index (χ0n) is 16.1. The zero-order valence-corrected chi connectivity index (χ0v) is 16.1. The van der Waals surface area contributed by atoms with Gasteiger partial charge >= 0.3 is 0 Å². The minimum atomic E-state index is -0.439. The highest BCUT2D eigenvalue weighted by Gasteiger charge is 2.53. The van der Waals surface area contributed by atoms with Gasteiger partial charge in [-0.25, -0.2) is 4.39 Å². The summed E-state index contributed by atoms with van der Waals surface area (Å²) in [4.78, 5) is 15.1. The van der Waals surface area contributed by atoms with E-state index >= 15 is 0 Å². The Labute approximate surface area is 159 Å². The van der Waals surface area contributed by atoms with Gasteiger partial charge in [0.05, 0.1) is 30.4 Å². The maximum atomic E-state index is 13.8. The van der Waals surface area contributed by atoms with Crippen LogP contribution in [0.2, 0.25) is 0 Å². The summed E-state index contributed by atoms with van der Waals surface area (Å²) >= 11 is 0. The molecular weight excluding hydrogens is 349 g/mol. The molecule has 0 radical (unpaired) electrons. The van der Waals surface area contributed by atoms with Crippen LogP contribution in [-0.2, 0) is 9.47 Å². The lowest BCUT2D eigenvalue weighted by atomic mass is 9.79. The molecule has 1 aromatic rings. The molecule has 3 unspecified atom stereocenters. The summed E-state index contributed by atoms with van der Waals surface area (Å²) in [6, 6.07) is 4.02. The first kappa shape index (κ1) is 18.7. The molecule has 5 nitrogen and oxygen atoms in total. The second-order valence-electron chi connectivity index (χ2n) is 8.05. The predicted molar refractivity (Wildman–Crippen MR) is 98.4 cm³/mol. The van der Waals surface area contributed by atoms with Crippen molar-refractivity contribution in [3.8, 4) is 5.75 Å². The molecule has 2 saturated carbocycles. The SMILES string of the molecule is COc1ccc(F)cc1C(=O)N1CCC2(OC)CCC(OCC3CC3)CC12. The van der Waals surface area contributed by atoms with Gasteiger partial charge in [-0.1, -0.05) is 0 Å². The van der Waals surface area contributed by atoms with Crippen molar-refractivity contribution >= 4 is 5.91 Å². The Morgan fingerprint density at radius 1 is 1.26 bits per heavy atom. The molecule has 3 aliphatic rings. The Kier molecular flexibility index (Phi) is 5.12. The summed E-state index contributed by atoms with van der Waals surface area (Å²) in [7, 11) is 3.23. The molecule has 1 heterocycles. The van der Waals surface area contributed by atoms with Crippen LogP contribution in [0.3, 0.4) is 0 Å². The van der Waals surface area contributed by atoms with Crippen molar-refractivity contribution in [1.82, 2.24) is 4.90 Å². The fraction of sp³-hybridized carbons (Fsp3) is 0.667. The lowest BCUT2D eigenvalue weighted by Gasteiger charge is -2.43. The molecule has 6 heteroatoms. The van der Waals surface area contributed by atoms with Gasteiger partial charge in [0.25, 0.3) is 5.91 Å². The molecule has 1 amide bonds. The van der Waals surface area contributed by atoms with Crippen LogP contribution in [0.1, 0.15) is 48.9 Å². The Balaban J connectivity index is 1.55. The van der Waals surface area contributed by atoms with E-state index in [-0.39, 0.29) is 29.2 Å². The van der Waals surface area contributed by atoms with E-state index in [0.29, 0.717) is 12.3 Å². The fourth-order valence-corrected chi connectivity index (χ4v) is 4.62. The third-order valence-corrected chi connectivity index (χ3v) is 6.46. The number of hydrogen-bond donors (Lipinski definition) is 0. The van der Waals surface area contributed by atoms with Crippen LogP contribution in [0.4, 0.5) is 4.39 Å². The van der Waals surface area contributed by atoms with Crippen LogP contribution in [-0.4, -0.2) is 55.9 Å². The highest BCUT2D eigenvalue weighted by Crippen LogP contribution is 2.44. The maximum Gasteiger partial charge on any atom is 0.258 e. The molecular formula is C21H28FNO4. The minimum absolute atomic E-state index is 0.0547. The first-order valence-electron chi connectivity index (χ1n) is 9.87. The lowest BCUT2D eigenvalue weighted by Crippen LogP contribution is -2.53. The number of hydrogen-bond acceptors (Lipinski definition) is 4. The Bertz CT molecular complexity index is 707. The summed E-state index contributed by atoms with van der Waals surface area (Å²) in [5.41, 5.74) is -0.0548. The first-order valence-corrected chi connectivity index (χ1v) is 9.87. The second-order valence-corrected chi connectivity index (χ2v) is 8.05. The summed E-state index contributed by atoms with van der Waals surface area (Å²) in [6.07, 6.45) is 6.10. The van der Waals surface area contributed by atoms with E-state index in [4.69, 9.17) is 14.2 Å². The van der Waals surface area contributed by atoms with Crippen molar-refractivity contribution in [2.24, 2.45) is 5.92 Å². The lowest BCUT2D eigenvalue weighted by molar-refractivity contribution is -0.0977. The molecule has 27 heavy (non-hydrogen) atoms. The van der Waals surface area contributed by atoms with Crippen LogP contribution in [0.15, 0.2) is 18.2 Å². The molecule has 1 aromatic carbocycles. The van der Waals surface area contributed by atoms with Crippen LogP contribution in [0.5, 0.6) is 5.75 Å². The van der Waals surface area contributed by atoms with E-state index < -0.39 is 5.82 Å². The molecule has 3 atom stereocenters. The van der Waals surface area contributed by atoms with Crippen LogP contribution >= 0.6 is 0 Å². The molecule has 3 fully saturated rings. The fourth-order valence-electron chi connectivity index (χ4n) is 4.62. The van der Waals surface area contributed by atoms with E-state index in [0.717, 1.165) is 38.2 Å². The minimum Gasteiger partial charge on any atom is -0.496 e. The zero-order chi connectivity index (χ0) is 19.0. The number of rotatable bonds is 6. The van der Waals surface area contributed by atoms with Crippen LogP contribution in [0, 0.1) is 11.7 Å². The van der Waals surface area contributed by atoms with Crippen molar-refractivity contribution in [3.63, 3.8) is 0 Å². The summed E-state index contributed by atoms with van der Waals surface area (Å²) in [6.45, 7) is 1.43. The monoisotopic (exact) mass is 377 g/mol. The van der Waals surface area contributed by atoms with Gasteiger partial charge in [-0.05, 0) is 62.6 Å². The average molecular weight is 377 g/mol. The second kappa shape index (κ2) is 7.40. The van der Waals surface area contributed by atoms with Crippen molar-refractivity contribution in [2.75, 3.05) is 27.4 Å². The highest BCUT2D eigenvalue weighted by molar-refractivity contribution is 5.97.